The highest BCUT2D eigenvalue weighted by molar-refractivity contribution is 7.90. The molecule has 2 heterocycles. The molecule has 1 aliphatic rings. The van der Waals surface area contributed by atoms with E-state index in [0.29, 0.717) is 25.0 Å². The zero-order valence-corrected chi connectivity index (χ0v) is 19.6. The van der Waals surface area contributed by atoms with E-state index in [2.05, 4.69) is 42.7 Å². The number of likely N-dealkylation sites (N-methyl/N-ethyl adjacent to an activating group) is 2. The standard InChI is InChI=1S/C23H36N4O2S/c1-19(2)15-27-22(17-25(3)16-21-12-8-9-13-26(21)4)14-24-23(27)30(28,29)18-20-10-6-5-7-11-20/h5-7,10-11,14,19,21H,8-9,12-13,15-18H2,1-4H3. The summed E-state index contributed by atoms with van der Waals surface area (Å²) in [6.07, 6.45) is 5.54. The van der Waals surface area contributed by atoms with E-state index in [9.17, 15) is 8.42 Å². The smallest absolute Gasteiger partial charge is 0.228 e. The molecule has 0 aliphatic carbocycles. The molecule has 2 aromatic rings. The zero-order chi connectivity index (χ0) is 21.7. The minimum absolute atomic E-state index is 0.0227. The molecule has 3 rings (SSSR count). The first-order valence-corrected chi connectivity index (χ1v) is 12.6. The third-order valence-electron chi connectivity index (χ3n) is 5.80. The SMILES string of the molecule is CC(C)Cn1c(CN(C)CC2CCCCN2C)cnc1S(=O)(=O)Cc1ccccc1. The summed E-state index contributed by atoms with van der Waals surface area (Å²) >= 11 is 0. The lowest BCUT2D eigenvalue weighted by atomic mass is 10.0. The average molecular weight is 433 g/mol. The van der Waals surface area contributed by atoms with Gasteiger partial charge in [-0.1, -0.05) is 50.6 Å². The minimum Gasteiger partial charge on any atom is -0.317 e. The first-order chi connectivity index (χ1) is 14.3. The second kappa shape index (κ2) is 10.1. The van der Waals surface area contributed by atoms with E-state index in [4.69, 9.17) is 0 Å². The quantitative estimate of drug-likeness (QED) is 0.608. The Labute approximate surface area is 181 Å². The molecule has 30 heavy (non-hydrogen) atoms. The summed E-state index contributed by atoms with van der Waals surface area (Å²) in [6, 6.07) is 9.90. The highest BCUT2D eigenvalue weighted by atomic mass is 32.2. The number of hydrogen-bond donors (Lipinski definition) is 0. The van der Waals surface area contributed by atoms with Crippen molar-refractivity contribution in [2.45, 2.75) is 63.2 Å². The molecule has 1 aromatic heterocycles. The average Bonchev–Trinajstić information content (AvgIpc) is 3.06. The highest BCUT2D eigenvalue weighted by Gasteiger charge is 2.26. The van der Waals surface area contributed by atoms with Gasteiger partial charge >= 0.3 is 0 Å². The molecule has 0 radical (unpaired) electrons. The van der Waals surface area contributed by atoms with Gasteiger partial charge < -0.3 is 9.47 Å². The van der Waals surface area contributed by atoms with E-state index in [0.717, 1.165) is 24.3 Å². The predicted molar refractivity (Wildman–Crippen MR) is 121 cm³/mol. The van der Waals surface area contributed by atoms with Crippen molar-refractivity contribution in [1.29, 1.82) is 0 Å². The van der Waals surface area contributed by atoms with Gasteiger partial charge in [-0.15, -0.1) is 0 Å². The Balaban J connectivity index is 1.79. The van der Waals surface area contributed by atoms with Crippen LogP contribution in [0.1, 0.15) is 44.4 Å². The second-order valence-electron chi connectivity index (χ2n) is 9.11. The van der Waals surface area contributed by atoms with Crippen LogP contribution in [0.15, 0.2) is 41.7 Å². The normalized spacial score (nSPS) is 18.4. The number of rotatable bonds is 9. The molecule has 0 bridgehead atoms. The fourth-order valence-electron chi connectivity index (χ4n) is 4.26. The van der Waals surface area contributed by atoms with E-state index in [1.54, 1.807) is 6.20 Å². The van der Waals surface area contributed by atoms with Crippen molar-refractivity contribution in [3.8, 4) is 0 Å². The lowest BCUT2D eigenvalue weighted by molar-refractivity contribution is 0.137. The van der Waals surface area contributed by atoms with Gasteiger partial charge in [-0.05, 0) is 45.0 Å². The van der Waals surface area contributed by atoms with E-state index >= 15 is 0 Å². The maximum Gasteiger partial charge on any atom is 0.228 e. The van der Waals surface area contributed by atoms with Gasteiger partial charge in [0, 0.05) is 25.7 Å². The summed E-state index contributed by atoms with van der Waals surface area (Å²) in [6.45, 7) is 7.71. The summed E-state index contributed by atoms with van der Waals surface area (Å²) < 4.78 is 28.2. The number of nitrogens with zero attached hydrogens (tertiary/aromatic N) is 4. The van der Waals surface area contributed by atoms with Crippen molar-refractivity contribution in [3.63, 3.8) is 0 Å². The van der Waals surface area contributed by atoms with Crippen LogP contribution in [-0.2, 0) is 28.7 Å². The first kappa shape index (κ1) is 23.0. The summed E-state index contributed by atoms with van der Waals surface area (Å²) in [7, 11) is 0.806. The Bertz CT molecular complexity index is 909. The maximum atomic E-state index is 13.2. The summed E-state index contributed by atoms with van der Waals surface area (Å²) in [5, 5.41) is 0.193. The van der Waals surface area contributed by atoms with Crippen LogP contribution >= 0.6 is 0 Å². The van der Waals surface area contributed by atoms with Crippen LogP contribution in [0.4, 0.5) is 0 Å². The molecule has 1 unspecified atom stereocenters. The predicted octanol–water partition coefficient (Wildman–Crippen LogP) is 3.43. The molecular weight excluding hydrogens is 396 g/mol. The van der Waals surface area contributed by atoms with Crippen LogP contribution in [0.2, 0.25) is 0 Å². The number of aromatic nitrogens is 2. The molecule has 0 saturated carbocycles. The lowest BCUT2D eigenvalue weighted by Gasteiger charge is -2.35. The number of imidazole rings is 1. The number of sulfone groups is 1. The van der Waals surface area contributed by atoms with Crippen LogP contribution in [0.5, 0.6) is 0 Å². The van der Waals surface area contributed by atoms with Crippen molar-refractivity contribution in [1.82, 2.24) is 19.4 Å². The Hall–Kier alpha value is -1.70. The van der Waals surface area contributed by atoms with Gasteiger partial charge in [-0.25, -0.2) is 13.4 Å². The first-order valence-electron chi connectivity index (χ1n) is 11.0. The van der Waals surface area contributed by atoms with Gasteiger partial charge in [-0.3, -0.25) is 4.90 Å². The third kappa shape index (κ3) is 5.93. The fraction of sp³-hybridized carbons (Fsp3) is 0.609. The molecule has 166 valence electrons. The molecule has 1 aromatic carbocycles. The molecule has 0 amide bonds. The van der Waals surface area contributed by atoms with Gasteiger partial charge in [0.2, 0.25) is 15.0 Å². The number of piperidine rings is 1. The Morgan fingerprint density at radius 2 is 1.93 bits per heavy atom. The van der Waals surface area contributed by atoms with Crippen LogP contribution < -0.4 is 0 Å². The minimum atomic E-state index is -3.52. The van der Waals surface area contributed by atoms with Gasteiger partial charge in [0.25, 0.3) is 0 Å². The highest BCUT2D eigenvalue weighted by Crippen LogP contribution is 2.21. The molecule has 0 N–H and O–H groups in total. The molecule has 7 heteroatoms. The maximum absolute atomic E-state index is 13.2. The van der Waals surface area contributed by atoms with E-state index < -0.39 is 9.84 Å². The molecule has 1 atom stereocenters. The van der Waals surface area contributed by atoms with E-state index in [1.165, 1.54) is 19.3 Å². The zero-order valence-electron chi connectivity index (χ0n) is 18.8. The Kier molecular flexibility index (Phi) is 7.71. The number of benzene rings is 1. The van der Waals surface area contributed by atoms with Gasteiger partial charge in [-0.2, -0.15) is 0 Å². The summed E-state index contributed by atoms with van der Waals surface area (Å²) in [5.41, 5.74) is 1.76. The Morgan fingerprint density at radius 3 is 2.60 bits per heavy atom. The molecule has 1 fully saturated rings. The van der Waals surface area contributed by atoms with Crippen molar-refractivity contribution >= 4 is 9.84 Å². The largest absolute Gasteiger partial charge is 0.317 e. The second-order valence-corrected chi connectivity index (χ2v) is 11.0. The number of likely N-dealkylation sites (tertiary alicyclic amines) is 1. The summed E-state index contributed by atoms with van der Waals surface area (Å²) in [4.78, 5) is 9.13. The van der Waals surface area contributed by atoms with Crippen LogP contribution in [0, 0.1) is 5.92 Å². The molecule has 0 spiro atoms. The van der Waals surface area contributed by atoms with Crippen molar-refractivity contribution in [2.24, 2.45) is 5.92 Å². The van der Waals surface area contributed by atoms with Crippen molar-refractivity contribution in [3.05, 3.63) is 47.8 Å². The third-order valence-corrected chi connectivity index (χ3v) is 7.40. The topological polar surface area (TPSA) is 58.4 Å². The van der Waals surface area contributed by atoms with Crippen LogP contribution in [0.25, 0.3) is 0 Å². The van der Waals surface area contributed by atoms with Crippen molar-refractivity contribution in [2.75, 3.05) is 27.2 Å². The summed E-state index contributed by atoms with van der Waals surface area (Å²) in [5.74, 6) is 0.309. The fourth-order valence-corrected chi connectivity index (χ4v) is 5.76. The lowest BCUT2D eigenvalue weighted by Crippen LogP contribution is -2.43. The van der Waals surface area contributed by atoms with Gasteiger partial charge in [0.15, 0.2) is 0 Å². The van der Waals surface area contributed by atoms with Gasteiger partial charge in [0.05, 0.1) is 17.6 Å². The number of hydrogen-bond acceptors (Lipinski definition) is 5. The van der Waals surface area contributed by atoms with Gasteiger partial charge in [0.1, 0.15) is 0 Å². The molecule has 1 saturated heterocycles. The molecule has 1 aliphatic heterocycles. The monoisotopic (exact) mass is 432 g/mol. The van der Waals surface area contributed by atoms with E-state index in [1.807, 2.05) is 34.9 Å². The molecule has 6 nitrogen and oxygen atoms in total. The van der Waals surface area contributed by atoms with Crippen LogP contribution in [-0.4, -0.2) is 61.0 Å². The Morgan fingerprint density at radius 1 is 1.20 bits per heavy atom. The van der Waals surface area contributed by atoms with Crippen molar-refractivity contribution < 1.29 is 8.42 Å². The molecular formula is C23H36N4O2S. The van der Waals surface area contributed by atoms with E-state index in [-0.39, 0.29) is 10.9 Å². The van der Waals surface area contributed by atoms with Crippen LogP contribution in [0.3, 0.4) is 0 Å².